The summed E-state index contributed by atoms with van der Waals surface area (Å²) in [6.45, 7) is 6.67. The van der Waals surface area contributed by atoms with Crippen LogP contribution in [0.15, 0.2) is 52.3 Å². The zero-order chi connectivity index (χ0) is 18.5. The lowest BCUT2D eigenvalue weighted by atomic mass is 10.0. The number of carbonyl (C=O) groups is 1. The molecule has 2 aromatic rings. The number of thioether (sulfide) groups is 2. The van der Waals surface area contributed by atoms with Gasteiger partial charge >= 0.3 is 5.97 Å². The number of rotatable bonds is 4. The van der Waals surface area contributed by atoms with Crippen molar-refractivity contribution in [2.75, 3.05) is 18.1 Å². The third-order valence-electron chi connectivity index (χ3n) is 4.25. The number of esters is 1. The number of ether oxygens (including phenoxy) is 1. The third-order valence-corrected chi connectivity index (χ3v) is 7.17. The molecule has 26 heavy (non-hydrogen) atoms. The highest BCUT2D eigenvalue weighted by Crippen LogP contribution is 2.38. The molecule has 0 radical (unpaired) electrons. The molecule has 0 fully saturated rings. The van der Waals surface area contributed by atoms with Crippen LogP contribution in [0.25, 0.3) is 11.6 Å². The molecule has 0 saturated heterocycles. The topological polar surface area (TPSA) is 26.3 Å². The Morgan fingerprint density at radius 3 is 2.42 bits per heavy atom. The Morgan fingerprint density at radius 2 is 1.73 bits per heavy atom. The molecule has 0 saturated carbocycles. The number of allylic oxidation sites excluding steroid dienone is 1. The van der Waals surface area contributed by atoms with Crippen LogP contribution < -0.4 is 0 Å². The molecule has 1 atom stereocenters. The lowest BCUT2D eigenvalue weighted by molar-refractivity contribution is 0.0526. The van der Waals surface area contributed by atoms with E-state index >= 15 is 0 Å². The monoisotopic (exact) mass is 384 g/mol. The van der Waals surface area contributed by atoms with Gasteiger partial charge in [0.05, 0.1) is 12.2 Å². The molecule has 0 amide bonds. The molecule has 0 N–H and O–H groups in total. The zero-order valence-electron chi connectivity index (χ0n) is 15.5. The second-order valence-electron chi connectivity index (χ2n) is 6.56. The SMILES string of the molecule is CCOC(=O)c1ccc(/C=C(\C)c2ccc3c(c2)SCC(C)CS3)cc1. The van der Waals surface area contributed by atoms with E-state index < -0.39 is 0 Å². The Labute approximate surface area is 164 Å². The van der Waals surface area contributed by atoms with Crippen molar-refractivity contribution in [2.24, 2.45) is 5.92 Å². The average Bonchev–Trinajstić information content (AvgIpc) is 2.84. The van der Waals surface area contributed by atoms with E-state index in [0.717, 1.165) is 11.5 Å². The Kier molecular flexibility index (Phi) is 6.49. The molecule has 1 heterocycles. The lowest BCUT2D eigenvalue weighted by Gasteiger charge is -2.09. The van der Waals surface area contributed by atoms with Gasteiger partial charge in [-0.15, -0.1) is 23.5 Å². The average molecular weight is 385 g/mol. The maximum absolute atomic E-state index is 11.7. The van der Waals surface area contributed by atoms with Gasteiger partial charge in [0.25, 0.3) is 0 Å². The van der Waals surface area contributed by atoms with Crippen LogP contribution in [0.3, 0.4) is 0 Å². The van der Waals surface area contributed by atoms with Crippen LogP contribution in [0.2, 0.25) is 0 Å². The second-order valence-corrected chi connectivity index (χ2v) is 8.68. The molecule has 1 aliphatic rings. The van der Waals surface area contributed by atoms with E-state index in [1.165, 1.54) is 32.4 Å². The Balaban J connectivity index is 1.78. The molecule has 1 unspecified atom stereocenters. The van der Waals surface area contributed by atoms with Crippen LogP contribution in [0.4, 0.5) is 0 Å². The van der Waals surface area contributed by atoms with E-state index in [1.54, 1.807) is 0 Å². The van der Waals surface area contributed by atoms with Gasteiger partial charge in [-0.2, -0.15) is 0 Å². The van der Waals surface area contributed by atoms with Crippen LogP contribution in [0.5, 0.6) is 0 Å². The fourth-order valence-electron chi connectivity index (χ4n) is 2.76. The van der Waals surface area contributed by atoms with Crippen molar-refractivity contribution in [3.63, 3.8) is 0 Å². The van der Waals surface area contributed by atoms with Crippen molar-refractivity contribution in [3.05, 3.63) is 59.2 Å². The fourth-order valence-corrected chi connectivity index (χ4v) is 5.21. The van der Waals surface area contributed by atoms with Gasteiger partial charge in [0, 0.05) is 21.3 Å². The number of fused-ring (bicyclic) bond motifs is 1. The summed E-state index contributed by atoms with van der Waals surface area (Å²) in [4.78, 5) is 14.5. The minimum Gasteiger partial charge on any atom is -0.462 e. The number of hydrogen-bond acceptors (Lipinski definition) is 4. The Bertz CT molecular complexity index is 809. The molecule has 136 valence electrons. The van der Waals surface area contributed by atoms with Gasteiger partial charge in [-0.25, -0.2) is 4.79 Å². The van der Waals surface area contributed by atoms with Crippen molar-refractivity contribution >= 4 is 41.1 Å². The first kappa shape index (κ1) is 19.1. The van der Waals surface area contributed by atoms with Gasteiger partial charge < -0.3 is 4.74 Å². The summed E-state index contributed by atoms with van der Waals surface area (Å²) in [6, 6.07) is 14.3. The van der Waals surface area contributed by atoms with E-state index in [0.29, 0.717) is 12.2 Å². The molecule has 1 aliphatic heterocycles. The standard InChI is InChI=1S/C22H24O2S2/c1-4-24-22(23)18-7-5-17(6-8-18)11-16(3)19-9-10-20-21(12-19)26-14-15(2)13-25-20/h5-12,15H,4,13-14H2,1-3H3/b16-11+. The molecule has 2 nitrogen and oxygen atoms in total. The van der Waals surface area contributed by atoms with E-state index in [9.17, 15) is 4.79 Å². The summed E-state index contributed by atoms with van der Waals surface area (Å²) in [6.07, 6.45) is 2.16. The van der Waals surface area contributed by atoms with Crippen molar-refractivity contribution in [2.45, 2.75) is 30.6 Å². The third kappa shape index (κ3) is 4.74. The maximum Gasteiger partial charge on any atom is 0.338 e. The predicted octanol–water partition coefficient (Wildman–Crippen LogP) is 6.26. The fraction of sp³-hybridized carbons (Fsp3) is 0.318. The first-order chi connectivity index (χ1) is 12.6. The highest BCUT2D eigenvalue weighted by atomic mass is 32.2. The number of benzene rings is 2. The zero-order valence-corrected chi connectivity index (χ0v) is 17.1. The van der Waals surface area contributed by atoms with Crippen molar-refractivity contribution < 1.29 is 9.53 Å². The van der Waals surface area contributed by atoms with Gasteiger partial charge in [-0.1, -0.05) is 31.2 Å². The number of hydrogen-bond donors (Lipinski definition) is 0. The van der Waals surface area contributed by atoms with Crippen molar-refractivity contribution in [3.8, 4) is 0 Å². The van der Waals surface area contributed by atoms with E-state index in [4.69, 9.17) is 4.74 Å². The van der Waals surface area contributed by atoms with Crippen molar-refractivity contribution in [1.29, 1.82) is 0 Å². The van der Waals surface area contributed by atoms with Crippen LogP contribution in [-0.2, 0) is 4.74 Å². The summed E-state index contributed by atoms with van der Waals surface area (Å²) >= 11 is 3.93. The molecule has 0 aliphatic carbocycles. The number of carbonyl (C=O) groups excluding carboxylic acids is 1. The normalized spacial score (nSPS) is 17.3. The Morgan fingerprint density at radius 1 is 1.08 bits per heavy atom. The lowest BCUT2D eigenvalue weighted by Crippen LogP contribution is -2.03. The molecule has 4 heteroatoms. The highest BCUT2D eigenvalue weighted by Gasteiger charge is 2.14. The maximum atomic E-state index is 11.7. The van der Waals surface area contributed by atoms with Gasteiger partial charge in [0.1, 0.15) is 0 Å². The second kappa shape index (κ2) is 8.83. The molecular formula is C22H24O2S2. The molecule has 3 rings (SSSR count). The quantitative estimate of drug-likeness (QED) is 0.459. The molecule has 0 aromatic heterocycles. The molecule has 0 bridgehead atoms. The molecule has 0 spiro atoms. The summed E-state index contributed by atoms with van der Waals surface area (Å²) in [5.74, 6) is 2.85. The highest BCUT2D eigenvalue weighted by molar-refractivity contribution is 8.03. The smallest absolute Gasteiger partial charge is 0.338 e. The van der Waals surface area contributed by atoms with Crippen molar-refractivity contribution in [1.82, 2.24) is 0 Å². The summed E-state index contributed by atoms with van der Waals surface area (Å²) < 4.78 is 5.03. The summed E-state index contributed by atoms with van der Waals surface area (Å²) in [5.41, 5.74) is 4.15. The van der Waals surface area contributed by atoms with Gasteiger partial charge in [0.15, 0.2) is 0 Å². The molecular weight excluding hydrogens is 360 g/mol. The van der Waals surface area contributed by atoms with Crippen LogP contribution >= 0.6 is 23.5 Å². The van der Waals surface area contributed by atoms with E-state index in [1.807, 2.05) is 54.7 Å². The largest absolute Gasteiger partial charge is 0.462 e. The molecule has 2 aromatic carbocycles. The minimum absolute atomic E-state index is 0.269. The predicted molar refractivity (Wildman–Crippen MR) is 113 cm³/mol. The van der Waals surface area contributed by atoms with E-state index in [-0.39, 0.29) is 5.97 Å². The Hall–Kier alpha value is -1.65. The summed E-state index contributed by atoms with van der Waals surface area (Å²) in [7, 11) is 0. The first-order valence-corrected chi connectivity index (χ1v) is 10.9. The van der Waals surface area contributed by atoms with Crippen LogP contribution in [0, 0.1) is 5.92 Å². The van der Waals surface area contributed by atoms with Crippen LogP contribution in [0.1, 0.15) is 42.3 Å². The van der Waals surface area contributed by atoms with Gasteiger partial charge in [-0.3, -0.25) is 0 Å². The van der Waals surface area contributed by atoms with Gasteiger partial charge in [0.2, 0.25) is 0 Å². The first-order valence-electron chi connectivity index (χ1n) is 8.92. The van der Waals surface area contributed by atoms with Crippen LogP contribution in [-0.4, -0.2) is 24.1 Å². The van der Waals surface area contributed by atoms with E-state index in [2.05, 4.69) is 38.1 Å². The summed E-state index contributed by atoms with van der Waals surface area (Å²) in [5, 5.41) is 0. The minimum atomic E-state index is -0.269. The van der Waals surface area contributed by atoms with Gasteiger partial charge in [-0.05, 0) is 60.7 Å².